The van der Waals surface area contributed by atoms with Crippen LogP contribution in [0.1, 0.15) is 0 Å². The van der Waals surface area contributed by atoms with Crippen LogP contribution >= 0.6 is 24.7 Å². The van der Waals surface area contributed by atoms with Crippen molar-refractivity contribution in [1.82, 2.24) is 0 Å². The number of para-hydroxylation sites is 1. The van der Waals surface area contributed by atoms with E-state index < -0.39 is 7.66 Å². The van der Waals surface area contributed by atoms with E-state index in [9.17, 15) is 0 Å². The molecule has 0 spiro atoms. The van der Waals surface area contributed by atoms with Crippen LogP contribution in [0.5, 0.6) is 11.5 Å². The van der Waals surface area contributed by atoms with Crippen LogP contribution in [0.3, 0.4) is 0 Å². The molecule has 2 aromatic rings. The predicted molar refractivity (Wildman–Crippen MR) is 99.8 cm³/mol. The second-order valence-corrected chi connectivity index (χ2v) is 8.49. The highest BCUT2D eigenvalue weighted by Crippen LogP contribution is 2.60. The Bertz CT molecular complexity index is 886. The Labute approximate surface area is 141 Å². The fraction of sp³-hybridized carbons (Fsp3) is 0. The number of nitrogens with zero attached hydrogens (tertiary/aromatic N) is 3. The van der Waals surface area contributed by atoms with Crippen LogP contribution < -0.4 is 32.0 Å². The average molecular weight is 381 g/mol. The van der Waals surface area contributed by atoms with E-state index in [2.05, 4.69) is 13.5 Å². The van der Waals surface area contributed by atoms with Gasteiger partial charge in [-0.2, -0.15) is 4.52 Å². The molecule has 0 saturated heterocycles. The largest absolute Gasteiger partial charge is 0.459 e. The molecule has 0 radical (unpaired) electrons. The lowest BCUT2D eigenvalue weighted by Gasteiger charge is -2.22. The quantitative estimate of drug-likeness (QED) is 0.450. The second-order valence-electron chi connectivity index (χ2n) is 4.64. The van der Waals surface area contributed by atoms with Crippen molar-refractivity contribution in [2.75, 3.05) is 22.9 Å². The molecule has 12 heteroatoms. The van der Waals surface area contributed by atoms with Gasteiger partial charge in [0.25, 0.3) is 0 Å². The summed E-state index contributed by atoms with van der Waals surface area (Å²) in [6.45, 7) is 0. The molecule has 9 nitrogen and oxygen atoms in total. The van der Waals surface area contributed by atoms with E-state index in [-0.39, 0.29) is 28.5 Å². The van der Waals surface area contributed by atoms with Crippen LogP contribution in [-0.4, -0.2) is 0 Å². The van der Waals surface area contributed by atoms with E-state index in [0.29, 0.717) is 22.8 Å². The second kappa shape index (κ2) is 6.65. The fourth-order valence-corrected chi connectivity index (χ4v) is 5.59. The number of hydrogen-bond acceptors (Lipinski definition) is 9. The summed E-state index contributed by atoms with van der Waals surface area (Å²) in [4.78, 5) is 0. The van der Waals surface area contributed by atoms with Crippen LogP contribution in [-0.2, 0) is 0 Å². The van der Waals surface area contributed by atoms with Gasteiger partial charge in [0.2, 0.25) is 0 Å². The standard InChI is InChI=1S/C12H14N7O2P3/c13-8-6-9(11(15)12(16)10(8)14)21-24(18-22-17-23-19-24)20-7-4-2-1-3-5-7/h1-6H,13-16H2. The van der Waals surface area contributed by atoms with Gasteiger partial charge >= 0.3 is 7.66 Å². The van der Waals surface area contributed by atoms with Crippen molar-refractivity contribution in [3.05, 3.63) is 36.4 Å². The summed E-state index contributed by atoms with van der Waals surface area (Å²) in [5.74, 6) is 0.795. The Hall–Kier alpha value is -2.33. The summed E-state index contributed by atoms with van der Waals surface area (Å²) in [7, 11) is -2.08. The SMILES string of the molecule is Nc1cc(OP2(Oc3ccccc3)=NP=NP=N2)c(N)c(N)c1N. The molecule has 0 aromatic heterocycles. The Morgan fingerprint density at radius 2 is 1.62 bits per heavy atom. The van der Waals surface area contributed by atoms with Gasteiger partial charge in [0.1, 0.15) is 11.4 Å². The van der Waals surface area contributed by atoms with E-state index in [1.165, 1.54) is 6.07 Å². The zero-order chi connectivity index (χ0) is 17.2. The molecule has 0 aliphatic carbocycles. The molecule has 2 aromatic carbocycles. The lowest BCUT2D eigenvalue weighted by Crippen LogP contribution is -2.07. The van der Waals surface area contributed by atoms with Crippen LogP contribution in [0.25, 0.3) is 0 Å². The van der Waals surface area contributed by atoms with E-state index in [4.69, 9.17) is 32.0 Å². The molecule has 3 rings (SSSR count). The molecular formula is C12H14N7O2P3. The van der Waals surface area contributed by atoms with Crippen molar-refractivity contribution < 1.29 is 9.05 Å². The normalized spacial score (nSPS) is 20.2. The van der Waals surface area contributed by atoms with Crippen LogP contribution in [0.4, 0.5) is 22.7 Å². The summed E-state index contributed by atoms with van der Waals surface area (Å²) in [6, 6.07) is 10.6. The van der Waals surface area contributed by atoms with E-state index in [1.807, 2.05) is 18.2 Å². The first-order chi connectivity index (χ1) is 11.5. The molecule has 0 fully saturated rings. The van der Waals surface area contributed by atoms with Gasteiger partial charge in [0.15, 0.2) is 22.8 Å². The van der Waals surface area contributed by atoms with Crippen LogP contribution in [0, 0.1) is 0 Å². The van der Waals surface area contributed by atoms with Crippen molar-refractivity contribution in [3.63, 3.8) is 0 Å². The van der Waals surface area contributed by atoms with Gasteiger partial charge in [-0.1, -0.05) is 18.2 Å². The number of rotatable bonds is 4. The van der Waals surface area contributed by atoms with Crippen molar-refractivity contribution in [3.8, 4) is 11.5 Å². The maximum atomic E-state index is 5.99. The first kappa shape index (κ1) is 16.5. The summed E-state index contributed by atoms with van der Waals surface area (Å²) in [5, 5.41) is 0. The predicted octanol–water partition coefficient (Wildman–Crippen LogP) is 4.52. The summed E-state index contributed by atoms with van der Waals surface area (Å²) in [6.07, 6.45) is 0. The minimum Gasteiger partial charge on any atom is -0.413 e. The number of nitrogen functional groups attached to an aromatic ring is 4. The highest BCUT2D eigenvalue weighted by molar-refractivity contribution is 7.65. The Morgan fingerprint density at radius 1 is 0.875 bits per heavy atom. The molecule has 24 heavy (non-hydrogen) atoms. The maximum absolute atomic E-state index is 5.99. The van der Waals surface area contributed by atoms with E-state index in [0.717, 1.165) is 0 Å². The lowest BCUT2D eigenvalue weighted by atomic mass is 10.2. The Morgan fingerprint density at radius 3 is 2.29 bits per heavy atom. The molecular weight excluding hydrogens is 367 g/mol. The highest BCUT2D eigenvalue weighted by atomic mass is 31.2. The number of anilines is 4. The first-order valence-electron chi connectivity index (χ1n) is 6.62. The Balaban J connectivity index is 2.02. The van der Waals surface area contributed by atoms with Gasteiger partial charge in [-0.3, -0.25) is 0 Å². The zero-order valence-corrected chi connectivity index (χ0v) is 15.0. The van der Waals surface area contributed by atoms with Crippen LogP contribution in [0.15, 0.2) is 49.9 Å². The number of benzene rings is 2. The molecule has 0 bridgehead atoms. The highest BCUT2D eigenvalue weighted by Gasteiger charge is 2.29. The summed E-state index contributed by atoms with van der Waals surface area (Å²) in [5.41, 5.74) is 24.2. The van der Waals surface area contributed by atoms with Crippen molar-refractivity contribution >= 4 is 47.5 Å². The summed E-state index contributed by atoms with van der Waals surface area (Å²) >= 11 is 0. The zero-order valence-electron chi connectivity index (χ0n) is 12.3. The third kappa shape index (κ3) is 3.29. The molecule has 1 heterocycles. The molecule has 0 amide bonds. The third-order valence-corrected chi connectivity index (χ3v) is 6.99. The monoisotopic (exact) mass is 381 g/mol. The average Bonchev–Trinajstić information content (AvgIpc) is 2.59. The minimum absolute atomic E-state index is 0.152. The van der Waals surface area contributed by atoms with Gasteiger partial charge in [-0.05, 0) is 12.1 Å². The maximum Gasteiger partial charge on any atom is 0.459 e. The number of hydrogen-bond donors (Lipinski definition) is 4. The van der Waals surface area contributed by atoms with Gasteiger partial charge in [0.05, 0.1) is 17.1 Å². The molecule has 1 unspecified atom stereocenters. The molecule has 8 N–H and O–H groups in total. The first-order valence-corrected chi connectivity index (χ1v) is 9.75. The molecule has 1 aliphatic heterocycles. The van der Waals surface area contributed by atoms with E-state index >= 15 is 0 Å². The van der Waals surface area contributed by atoms with Gasteiger partial charge in [-0.25, -0.2) is 0 Å². The molecule has 124 valence electrons. The minimum atomic E-state index is -3.02. The molecule has 1 aliphatic rings. The number of nitrogens with two attached hydrogens (primary N) is 4. The summed E-state index contributed by atoms with van der Waals surface area (Å²) < 4.78 is 24.5. The van der Waals surface area contributed by atoms with Crippen molar-refractivity contribution in [2.45, 2.75) is 0 Å². The smallest absolute Gasteiger partial charge is 0.413 e. The van der Waals surface area contributed by atoms with Gasteiger partial charge in [0, 0.05) is 6.07 Å². The van der Waals surface area contributed by atoms with Gasteiger partial charge in [-0.15, -0.1) is 9.03 Å². The molecule has 1 atom stereocenters. The topological polar surface area (TPSA) is 160 Å². The van der Waals surface area contributed by atoms with Crippen LogP contribution in [0.2, 0.25) is 0 Å². The Kier molecular flexibility index (Phi) is 4.58. The lowest BCUT2D eigenvalue weighted by molar-refractivity contribution is 0.480. The van der Waals surface area contributed by atoms with Gasteiger partial charge < -0.3 is 32.0 Å². The third-order valence-electron chi connectivity index (χ3n) is 3.01. The fourth-order valence-electron chi connectivity index (χ4n) is 1.82. The van der Waals surface area contributed by atoms with E-state index in [1.54, 1.807) is 12.1 Å². The van der Waals surface area contributed by atoms with Crippen molar-refractivity contribution in [2.24, 2.45) is 13.5 Å². The molecule has 0 saturated carbocycles. The van der Waals surface area contributed by atoms with Crippen molar-refractivity contribution in [1.29, 1.82) is 0 Å².